The fraction of sp³-hybridized carbons (Fsp3) is 0.500. The van der Waals surface area contributed by atoms with Gasteiger partial charge < -0.3 is 10.6 Å². The van der Waals surface area contributed by atoms with Crippen molar-refractivity contribution in [2.45, 2.75) is 19.3 Å². The van der Waals surface area contributed by atoms with Gasteiger partial charge >= 0.3 is 0 Å². The standard InChI is InChI=1S/C12H17N3S/c1-15(8-9-3-2-4-9)11-6-5-10(7-14-11)12(13)16/h5-7,9H,2-4,8H2,1H3,(H2,13,16). The molecule has 16 heavy (non-hydrogen) atoms. The molecule has 0 bridgehead atoms. The Kier molecular flexibility index (Phi) is 3.39. The molecule has 1 aromatic heterocycles. The van der Waals surface area contributed by atoms with E-state index in [1.165, 1.54) is 19.3 Å². The highest BCUT2D eigenvalue weighted by Gasteiger charge is 2.19. The first-order valence-corrected chi connectivity index (χ1v) is 6.04. The summed E-state index contributed by atoms with van der Waals surface area (Å²) < 4.78 is 0. The molecule has 1 aromatic rings. The lowest BCUT2D eigenvalue weighted by atomic mass is 9.85. The van der Waals surface area contributed by atoms with Crippen LogP contribution in [0, 0.1) is 5.92 Å². The van der Waals surface area contributed by atoms with Gasteiger partial charge in [-0.05, 0) is 30.9 Å². The van der Waals surface area contributed by atoms with Gasteiger partial charge in [0.05, 0.1) is 0 Å². The van der Waals surface area contributed by atoms with Crippen molar-refractivity contribution in [3.05, 3.63) is 23.9 Å². The van der Waals surface area contributed by atoms with Crippen molar-refractivity contribution in [2.75, 3.05) is 18.5 Å². The maximum absolute atomic E-state index is 5.53. The van der Waals surface area contributed by atoms with Gasteiger partial charge in [-0.15, -0.1) is 0 Å². The van der Waals surface area contributed by atoms with E-state index < -0.39 is 0 Å². The first-order chi connectivity index (χ1) is 7.66. The summed E-state index contributed by atoms with van der Waals surface area (Å²) in [5.74, 6) is 1.84. The zero-order valence-corrected chi connectivity index (χ0v) is 10.3. The van der Waals surface area contributed by atoms with Gasteiger partial charge in [0.1, 0.15) is 10.8 Å². The Morgan fingerprint density at radius 2 is 2.31 bits per heavy atom. The number of nitrogens with zero attached hydrogens (tertiary/aromatic N) is 2. The molecule has 1 aliphatic rings. The lowest BCUT2D eigenvalue weighted by molar-refractivity contribution is 0.321. The maximum atomic E-state index is 5.53. The van der Waals surface area contributed by atoms with Crippen molar-refractivity contribution in [3.8, 4) is 0 Å². The van der Waals surface area contributed by atoms with Crippen LogP contribution in [0.15, 0.2) is 18.3 Å². The van der Waals surface area contributed by atoms with Crippen molar-refractivity contribution in [1.82, 2.24) is 4.98 Å². The molecule has 0 amide bonds. The lowest BCUT2D eigenvalue weighted by Crippen LogP contribution is -2.29. The zero-order chi connectivity index (χ0) is 11.5. The average molecular weight is 235 g/mol. The van der Waals surface area contributed by atoms with Crippen LogP contribution >= 0.6 is 12.2 Å². The van der Waals surface area contributed by atoms with E-state index in [0.29, 0.717) is 4.99 Å². The number of hydrogen-bond acceptors (Lipinski definition) is 3. The molecular formula is C12H17N3S. The van der Waals surface area contributed by atoms with Crippen molar-refractivity contribution < 1.29 is 0 Å². The van der Waals surface area contributed by atoms with Crippen LogP contribution in [0.2, 0.25) is 0 Å². The minimum absolute atomic E-state index is 0.403. The van der Waals surface area contributed by atoms with Crippen molar-refractivity contribution in [3.63, 3.8) is 0 Å². The van der Waals surface area contributed by atoms with Crippen molar-refractivity contribution in [1.29, 1.82) is 0 Å². The van der Waals surface area contributed by atoms with Crippen LogP contribution in [0.1, 0.15) is 24.8 Å². The Morgan fingerprint density at radius 3 is 2.75 bits per heavy atom. The van der Waals surface area contributed by atoms with Gasteiger partial charge in [0.2, 0.25) is 0 Å². The fourth-order valence-electron chi connectivity index (χ4n) is 1.91. The van der Waals surface area contributed by atoms with Crippen molar-refractivity contribution in [2.24, 2.45) is 11.7 Å². The molecule has 1 aliphatic carbocycles. The SMILES string of the molecule is CN(CC1CCC1)c1ccc(C(N)=S)cn1. The van der Waals surface area contributed by atoms with Crippen LogP contribution in [0.25, 0.3) is 0 Å². The Morgan fingerprint density at radius 1 is 1.56 bits per heavy atom. The molecule has 0 atom stereocenters. The first kappa shape index (κ1) is 11.3. The molecule has 2 rings (SSSR count). The van der Waals surface area contributed by atoms with E-state index in [9.17, 15) is 0 Å². The van der Waals surface area contributed by atoms with Gasteiger partial charge in [0.15, 0.2) is 0 Å². The Labute approximate surface area is 102 Å². The molecule has 86 valence electrons. The quantitative estimate of drug-likeness (QED) is 0.810. The number of anilines is 1. The normalized spacial score (nSPS) is 15.6. The predicted molar refractivity (Wildman–Crippen MR) is 70.7 cm³/mol. The molecule has 0 spiro atoms. The third-order valence-electron chi connectivity index (χ3n) is 3.18. The monoisotopic (exact) mass is 235 g/mol. The van der Waals surface area contributed by atoms with Crippen LogP contribution in [-0.4, -0.2) is 23.6 Å². The minimum Gasteiger partial charge on any atom is -0.389 e. The van der Waals surface area contributed by atoms with Crippen LogP contribution in [0.4, 0.5) is 5.82 Å². The summed E-state index contributed by atoms with van der Waals surface area (Å²) in [4.78, 5) is 6.97. The molecule has 0 radical (unpaired) electrons. The minimum atomic E-state index is 0.403. The Hall–Kier alpha value is -1.16. The van der Waals surface area contributed by atoms with E-state index in [-0.39, 0.29) is 0 Å². The molecule has 1 heterocycles. The molecule has 1 fully saturated rings. The van der Waals surface area contributed by atoms with Gasteiger partial charge in [-0.3, -0.25) is 0 Å². The molecule has 4 heteroatoms. The Bertz CT molecular complexity index is 370. The third kappa shape index (κ3) is 2.50. The first-order valence-electron chi connectivity index (χ1n) is 5.64. The van der Waals surface area contributed by atoms with Gasteiger partial charge in [-0.25, -0.2) is 4.98 Å². The van der Waals surface area contributed by atoms with E-state index >= 15 is 0 Å². The number of pyridine rings is 1. The number of rotatable bonds is 4. The average Bonchev–Trinajstić information content (AvgIpc) is 2.23. The summed E-state index contributed by atoms with van der Waals surface area (Å²) in [6.07, 6.45) is 5.84. The second kappa shape index (κ2) is 4.78. The second-order valence-electron chi connectivity index (χ2n) is 4.45. The van der Waals surface area contributed by atoms with Crippen LogP contribution in [-0.2, 0) is 0 Å². The maximum Gasteiger partial charge on any atom is 0.128 e. The van der Waals surface area contributed by atoms with Gasteiger partial charge in [-0.2, -0.15) is 0 Å². The highest BCUT2D eigenvalue weighted by molar-refractivity contribution is 7.80. The molecule has 0 saturated heterocycles. The van der Waals surface area contributed by atoms with E-state index in [4.69, 9.17) is 18.0 Å². The largest absolute Gasteiger partial charge is 0.389 e. The smallest absolute Gasteiger partial charge is 0.128 e. The highest BCUT2D eigenvalue weighted by atomic mass is 32.1. The number of aromatic nitrogens is 1. The molecule has 2 N–H and O–H groups in total. The van der Waals surface area contributed by atoms with Gasteiger partial charge in [0, 0.05) is 25.4 Å². The molecule has 0 unspecified atom stereocenters. The van der Waals surface area contributed by atoms with Gasteiger partial charge in [0.25, 0.3) is 0 Å². The summed E-state index contributed by atoms with van der Waals surface area (Å²) in [6.45, 7) is 1.10. The summed E-state index contributed by atoms with van der Waals surface area (Å²) in [6, 6.07) is 3.91. The number of hydrogen-bond donors (Lipinski definition) is 1. The summed E-state index contributed by atoms with van der Waals surface area (Å²) in [7, 11) is 2.08. The van der Waals surface area contributed by atoms with E-state index in [1.54, 1.807) is 6.20 Å². The molecule has 0 aromatic carbocycles. The molecular weight excluding hydrogens is 218 g/mol. The van der Waals surface area contributed by atoms with Crippen LogP contribution in [0.3, 0.4) is 0 Å². The van der Waals surface area contributed by atoms with E-state index in [2.05, 4.69) is 16.9 Å². The lowest BCUT2D eigenvalue weighted by Gasteiger charge is -2.30. The second-order valence-corrected chi connectivity index (χ2v) is 4.89. The summed E-state index contributed by atoms with van der Waals surface area (Å²) in [5.41, 5.74) is 6.36. The summed E-state index contributed by atoms with van der Waals surface area (Å²) >= 11 is 4.89. The molecule has 3 nitrogen and oxygen atoms in total. The van der Waals surface area contributed by atoms with E-state index in [1.807, 2.05) is 12.1 Å². The third-order valence-corrected chi connectivity index (χ3v) is 3.42. The number of nitrogens with two attached hydrogens (primary N) is 1. The summed E-state index contributed by atoms with van der Waals surface area (Å²) in [5, 5.41) is 0. The van der Waals surface area contributed by atoms with Crippen molar-refractivity contribution >= 4 is 23.0 Å². The highest BCUT2D eigenvalue weighted by Crippen LogP contribution is 2.27. The topological polar surface area (TPSA) is 42.1 Å². The van der Waals surface area contributed by atoms with Gasteiger partial charge in [-0.1, -0.05) is 18.6 Å². The number of thiocarbonyl (C=S) groups is 1. The Balaban J connectivity index is 1.99. The fourth-order valence-corrected chi connectivity index (χ4v) is 2.03. The van der Waals surface area contributed by atoms with E-state index in [0.717, 1.165) is 23.8 Å². The molecule has 0 aliphatic heterocycles. The zero-order valence-electron chi connectivity index (χ0n) is 9.52. The van der Waals surface area contributed by atoms with Crippen LogP contribution in [0.5, 0.6) is 0 Å². The molecule has 1 saturated carbocycles. The predicted octanol–water partition coefficient (Wildman–Crippen LogP) is 1.95. The van der Waals surface area contributed by atoms with Crippen LogP contribution < -0.4 is 10.6 Å².